The van der Waals surface area contributed by atoms with Crippen LogP contribution >= 0.6 is 57.5 Å². The van der Waals surface area contributed by atoms with E-state index in [1.165, 1.54) is 26.4 Å². The number of benzene rings is 3. The molecule has 6 heterocycles. The second-order valence-electron chi connectivity index (χ2n) is 20.4. The summed E-state index contributed by atoms with van der Waals surface area (Å²) in [5.41, 5.74) is 40.5. The van der Waals surface area contributed by atoms with Gasteiger partial charge in [0, 0.05) is 67.1 Å². The molecule has 22 nitrogen and oxygen atoms in total. The fraction of sp³-hybridized carbons (Fsp3) is 0.385. The van der Waals surface area contributed by atoms with E-state index < -0.39 is 0 Å². The van der Waals surface area contributed by atoms with E-state index in [0.29, 0.717) is 95.2 Å². The molecule has 0 amide bonds. The number of nitrogens with two attached hydrogens (primary N) is 6. The Bertz CT molecular complexity index is 3560. The standard InChI is InChI=1S/C22H29N5O3S2.C22H28N4O3S.C21H27N5O2S2/c1-3-5-18-15(13-31-22-26-19(23)12-20(24)27-22)25-21(32-18)14-6-7-16(30-10-8-28)17(11-14)29-9-4-2;1-4-6-19-16(13-29-15-11-20(23)26-21(24)12-15)25-22(30-19)14-7-8-17(27-3)18(10-14)28-9-5-2;1-4-6-17-14(12-29-19-11-18(22)25-21(23)26-19)24-20(30-17)13-7-8-15(27-3)16(10-13)28-9-5-2/h6-7,11-12,28H,3-5,8-10,13H2,1-2H3,(H4,23,24,26,27);7-8,10-12H,4-6,9,13H2,1-3H3,(H4,23,24,26);7-8,10-11H,4-6,9,12H2,1-3H3,(H4,22,23,25,26). The molecule has 9 rings (SSSR count). The Morgan fingerprint density at radius 3 is 1.26 bits per heavy atom. The van der Waals surface area contributed by atoms with Gasteiger partial charge in [-0.2, -0.15) is 4.98 Å². The minimum atomic E-state index is -0.0503. The summed E-state index contributed by atoms with van der Waals surface area (Å²) in [5.74, 6) is 8.02. The number of hydrogen-bond acceptors (Lipinski definition) is 27. The predicted octanol–water partition coefficient (Wildman–Crippen LogP) is 13.7. The Morgan fingerprint density at radius 1 is 0.402 bits per heavy atom. The van der Waals surface area contributed by atoms with Crippen molar-refractivity contribution < 1.29 is 38.3 Å². The molecular weight excluding hydrogens is 1270 g/mol. The van der Waals surface area contributed by atoms with Crippen LogP contribution in [-0.2, 0) is 37.4 Å². The fourth-order valence-corrected chi connectivity index (χ4v) is 14.2. The monoisotopic (exact) mass is 1350 g/mol. The third-order valence-corrected chi connectivity index (χ3v) is 18.3. The van der Waals surface area contributed by atoms with Crippen LogP contribution in [-0.4, -0.2) is 92.2 Å². The highest BCUT2D eigenvalue weighted by Gasteiger charge is 2.20. The van der Waals surface area contributed by atoms with Crippen molar-refractivity contribution in [3.63, 3.8) is 0 Å². The number of nitrogen functional groups attached to an aromatic ring is 6. The fourth-order valence-electron chi connectivity index (χ4n) is 8.75. The highest BCUT2D eigenvalue weighted by molar-refractivity contribution is 7.98. The van der Waals surface area contributed by atoms with Gasteiger partial charge in [0.25, 0.3) is 0 Å². The Hall–Kier alpha value is -8.08. The lowest BCUT2D eigenvalue weighted by molar-refractivity contribution is 0.193. The maximum absolute atomic E-state index is 9.08. The van der Waals surface area contributed by atoms with Crippen LogP contribution < -0.4 is 67.6 Å². The number of nitrogens with zero attached hydrogens (tertiary/aromatic N) is 8. The number of ether oxygens (including phenoxy) is 7. The van der Waals surface area contributed by atoms with Crippen LogP contribution in [0.5, 0.6) is 40.2 Å². The van der Waals surface area contributed by atoms with Crippen LogP contribution in [0, 0.1) is 0 Å². The number of hydrogen-bond donors (Lipinski definition) is 7. The quantitative estimate of drug-likeness (QED) is 0.0117. The number of aliphatic hydroxyl groups is 1. The minimum absolute atomic E-state index is 0.0503. The molecule has 0 fully saturated rings. The van der Waals surface area contributed by atoms with E-state index in [4.69, 9.17) is 87.6 Å². The number of aryl methyl sites for hydroxylation is 3. The Kier molecular flexibility index (Phi) is 28.6. The predicted molar refractivity (Wildman–Crippen MR) is 376 cm³/mol. The molecule has 0 atom stereocenters. The summed E-state index contributed by atoms with van der Waals surface area (Å²) in [7, 11) is 3.29. The van der Waals surface area contributed by atoms with E-state index in [9.17, 15) is 0 Å². The lowest BCUT2D eigenvalue weighted by Gasteiger charge is -2.12. The first kappa shape index (κ1) is 71.4. The van der Waals surface area contributed by atoms with E-state index >= 15 is 0 Å². The molecule has 0 aliphatic carbocycles. The maximum atomic E-state index is 9.08. The van der Waals surface area contributed by atoms with Crippen molar-refractivity contribution >= 4 is 92.6 Å². The van der Waals surface area contributed by atoms with E-state index in [1.807, 2.05) is 54.6 Å². The zero-order valence-electron chi connectivity index (χ0n) is 53.4. The highest BCUT2D eigenvalue weighted by Crippen LogP contribution is 2.41. The summed E-state index contributed by atoms with van der Waals surface area (Å²) in [4.78, 5) is 39.0. The molecule has 0 saturated carbocycles. The summed E-state index contributed by atoms with van der Waals surface area (Å²) in [6, 6.07) is 24.2. The average Bonchev–Trinajstić information content (AvgIpc) is 1.77. The van der Waals surface area contributed by atoms with Gasteiger partial charge < -0.3 is 72.7 Å². The van der Waals surface area contributed by atoms with Crippen molar-refractivity contribution in [2.45, 2.75) is 128 Å². The SMILES string of the molecule is CCCOc1cc(-c2nc(COc3cc(N)nc(N)c3)c(CCC)s2)ccc1OC.CCCOc1cc(-c2nc(CSc3cc(N)nc(N)n3)c(CCC)s2)ccc1OC.CCCOc1cc(-c2nc(CSc3nc(N)cc(N)n3)c(CCC)s2)ccc1OCCO. The van der Waals surface area contributed by atoms with Crippen LogP contribution in [0.3, 0.4) is 0 Å². The van der Waals surface area contributed by atoms with Crippen molar-refractivity contribution in [2.24, 2.45) is 0 Å². The van der Waals surface area contributed by atoms with Crippen molar-refractivity contribution in [2.75, 3.05) is 81.7 Å². The van der Waals surface area contributed by atoms with Crippen molar-refractivity contribution in [3.8, 4) is 72.0 Å². The molecule has 0 spiro atoms. The van der Waals surface area contributed by atoms with E-state index in [-0.39, 0.29) is 19.2 Å². The molecule has 0 unspecified atom stereocenters. The molecule has 0 aliphatic rings. The first-order valence-corrected chi connectivity index (χ1v) is 34.8. The summed E-state index contributed by atoms with van der Waals surface area (Å²) in [6.07, 6.45) is 8.73. The van der Waals surface area contributed by atoms with Gasteiger partial charge in [-0.15, -0.1) is 34.0 Å². The number of rotatable bonds is 32. The summed E-state index contributed by atoms with van der Waals surface area (Å²) in [6.45, 7) is 15.1. The van der Waals surface area contributed by atoms with Gasteiger partial charge in [-0.3, -0.25) is 0 Å². The third-order valence-electron chi connectivity index (χ3n) is 12.9. The Labute approximate surface area is 559 Å². The molecule has 13 N–H and O–H groups in total. The normalized spacial score (nSPS) is 10.9. The minimum Gasteiger partial charge on any atom is -0.493 e. The third kappa shape index (κ3) is 21.2. The Balaban J connectivity index is 0.000000196. The van der Waals surface area contributed by atoms with Gasteiger partial charge >= 0.3 is 0 Å². The first-order valence-electron chi connectivity index (χ1n) is 30.4. The average molecular weight is 1350 g/mol. The van der Waals surface area contributed by atoms with E-state index in [2.05, 4.69) is 66.5 Å². The number of thioether (sulfide) groups is 2. The van der Waals surface area contributed by atoms with Crippen LogP contribution in [0.25, 0.3) is 31.7 Å². The molecule has 0 saturated heterocycles. The number of methoxy groups -OCH3 is 2. The zero-order valence-corrected chi connectivity index (χ0v) is 57.5. The van der Waals surface area contributed by atoms with Crippen LogP contribution in [0.4, 0.5) is 35.0 Å². The molecular formula is C65H84N14O8S5. The van der Waals surface area contributed by atoms with Gasteiger partial charge in [-0.05, 0) is 93.1 Å². The lowest BCUT2D eigenvalue weighted by Crippen LogP contribution is -2.04. The van der Waals surface area contributed by atoms with Crippen LogP contribution in [0.1, 0.15) is 112 Å². The molecule has 27 heteroatoms. The van der Waals surface area contributed by atoms with Crippen molar-refractivity contribution in [1.82, 2.24) is 39.9 Å². The van der Waals surface area contributed by atoms with E-state index in [1.54, 1.807) is 84.3 Å². The number of thiazole rings is 3. The summed E-state index contributed by atoms with van der Waals surface area (Å²) >= 11 is 8.11. The molecule has 0 radical (unpaired) electrons. The molecule has 9 aromatic rings. The largest absolute Gasteiger partial charge is 0.493 e. The summed E-state index contributed by atoms with van der Waals surface area (Å²) in [5, 5.41) is 13.2. The number of aliphatic hydroxyl groups excluding tert-OH is 1. The first-order chi connectivity index (χ1) is 44.6. The summed E-state index contributed by atoms with van der Waals surface area (Å²) < 4.78 is 40.0. The van der Waals surface area contributed by atoms with Gasteiger partial charge in [-0.1, -0.05) is 84.3 Å². The maximum Gasteiger partial charge on any atom is 0.223 e. The number of pyridine rings is 1. The Morgan fingerprint density at radius 2 is 0.815 bits per heavy atom. The van der Waals surface area contributed by atoms with Gasteiger partial charge in [-0.25, -0.2) is 34.9 Å². The molecule has 0 bridgehead atoms. The number of anilines is 6. The van der Waals surface area contributed by atoms with Gasteiger partial charge in [0.05, 0.1) is 57.7 Å². The van der Waals surface area contributed by atoms with Crippen molar-refractivity contribution in [1.29, 1.82) is 0 Å². The second kappa shape index (κ2) is 36.8. The van der Waals surface area contributed by atoms with Gasteiger partial charge in [0.15, 0.2) is 39.7 Å². The zero-order chi connectivity index (χ0) is 65.9. The highest BCUT2D eigenvalue weighted by atomic mass is 32.2. The second-order valence-corrected chi connectivity index (χ2v) is 25.6. The van der Waals surface area contributed by atoms with Gasteiger partial charge in [0.1, 0.15) is 68.1 Å². The van der Waals surface area contributed by atoms with E-state index in [0.717, 1.165) is 129 Å². The molecule has 3 aromatic carbocycles. The molecule has 0 aliphatic heterocycles. The van der Waals surface area contributed by atoms with Gasteiger partial charge in [0.2, 0.25) is 5.95 Å². The molecule has 492 valence electrons. The topological polar surface area (TPSA) is 344 Å². The van der Waals surface area contributed by atoms with Crippen molar-refractivity contribution in [3.05, 3.63) is 111 Å². The van der Waals surface area contributed by atoms with Crippen LogP contribution in [0.15, 0.2) is 89.0 Å². The lowest BCUT2D eigenvalue weighted by atomic mass is 10.2. The molecule has 92 heavy (non-hydrogen) atoms. The molecule has 6 aromatic heterocycles. The number of aromatic nitrogens is 8. The smallest absolute Gasteiger partial charge is 0.223 e. The van der Waals surface area contributed by atoms with Crippen LogP contribution in [0.2, 0.25) is 0 Å².